The van der Waals surface area contributed by atoms with Gasteiger partial charge in [0, 0.05) is 19.2 Å². The summed E-state index contributed by atoms with van der Waals surface area (Å²) in [7, 11) is 0. The van der Waals surface area contributed by atoms with Gasteiger partial charge >= 0.3 is 0 Å². The first kappa shape index (κ1) is 14.7. The number of carbonyl (C=O) groups excluding carboxylic acids is 1. The van der Waals surface area contributed by atoms with Gasteiger partial charge in [-0.15, -0.1) is 0 Å². The van der Waals surface area contributed by atoms with Crippen LogP contribution in [0.25, 0.3) is 0 Å². The van der Waals surface area contributed by atoms with Crippen molar-refractivity contribution in [1.29, 1.82) is 0 Å². The summed E-state index contributed by atoms with van der Waals surface area (Å²) in [6, 6.07) is 7.40. The molecule has 1 unspecified atom stereocenters. The highest BCUT2D eigenvalue weighted by Gasteiger charge is 2.15. The van der Waals surface area contributed by atoms with Crippen LogP contribution in [0.1, 0.15) is 19.8 Å². The fourth-order valence-electron chi connectivity index (χ4n) is 1.92. The summed E-state index contributed by atoms with van der Waals surface area (Å²) in [5.74, 6) is 0.593. The molecule has 0 saturated carbocycles. The largest absolute Gasteiger partial charge is 0.491 e. The number of thiocarbonyl (C=S) groups is 1. The van der Waals surface area contributed by atoms with Crippen LogP contribution in [0, 0.1) is 0 Å². The van der Waals surface area contributed by atoms with Crippen molar-refractivity contribution in [2.45, 2.75) is 25.9 Å². The van der Waals surface area contributed by atoms with Crippen LogP contribution in [0.4, 0.5) is 5.69 Å². The maximum Gasteiger partial charge on any atom is 0.222 e. The van der Waals surface area contributed by atoms with E-state index >= 15 is 0 Å². The van der Waals surface area contributed by atoms with Crippen molar-refractivity contribution in [2.75, 3.05) is 18.5 Å². The number of amides is 1. The Hall–Kier alpha value is -1.66. The summed E-state index contributed by atoms with van der Waals surface area (Å²) in [6.07, 6.45) is 2.38. The minimum Gasteiger partial charge on any atom is -0.491 e. The molecule has 1 aliphatic heterocycles. The molecule has 0 radical (unpaired) electrons. The van der Waals surface area contributed by atoms with E-state index in [-0.39, 0.29) is 17.1 Å². The number of rotatable bonds is 4. The summed E-state index contributed by atoms with van der Waals surface area (Å²) >= 11 is 4.98. The summed E-state index contributed by atoms with van der Waals surface area (Å²) in [4.78, 5) is 10.8. The summed E-state index contributed by atoms with van der Waals surface area (Å²) in [6.45, 7) is 2.82. The average molecular weight is 294 g/mol. The van der Waals surface area contributed by atoms with E-state index in [0.717, 1.165) is 30.9 Å². The van der Waals surface area contributed by atoms with Gasteiger partial charge in [-0.3, -0.25) is 4.79 Å². The minimum atomic E-state index is -0.195. The Balaban J connectivity index is 1.79. The number of hydrogen-bond acceptors (Lipinski definition) is 4. The molecule has 108 valence electrons. The number of carbonyl (C=O) groups is 1. The molecule has 0 spiro atoms. The van der Waals surface area contributed by atoms with E-state index in [1.54, 1.807) is 0 Å². The first-order valence-corrected chi connectivity index (χ1v) is 6.97. The van der Waals surface area contributed by atoms with Crippen LogP contribution in [-0.4, -0.2) is 30.3 Å². The number of anilines is 1. The molecule has 1 atom stereocenters. The van der Waals surface area contributed by atoms with Gasteiger partial charge in [-0.05, 0) is 49.3 Å². The standard InChI is InChI=1S/C14H18N2O3S/c1-10(17)15-14(20)16-11-4-6-12(7-5-11)19-9-13-3-2-8-18-13/h4-7,13H,2-3,8-9H2,1H3,(H2,15,16,17,20). The van der Waals surface area contributed by atoms with Gasteiger partial charge < -0.3 is 20.1 Å². The lowest BCUT2D eigenvalue weighted by atomic mass is 10.2. The third-order valence-corrected chi connectivity index (χ3v) is 3.07. The first-order valence-electron chi connectivity index (χ1n) is 6.56. The number of benzene rings is 1. The topological polar surface area (TPSA) is 59.6 Å². The molecule has 2 N–H and O–H groups in total. The Labute approximate surface area is 123 Å². The van der Waals surface area contributed by atoms with E-state index in [1.807, 2.05) is 24.3 Å². The van der Waals surface area contributed by atoms with Gasteiger partial charge in [0.05, 0.1) is 6.10 Å². The molecule has 20 heavy (non-hydrogen) atoms. The van der Waals surface area contributed by atoms with Crippen molar-refractivity contribution in [3.8, 4) is 5.75 Å². The van der Waals surface area contributed by atoms with Crippen LogP contribution >= 0.6 is 12.2 Å². The molecule has 6 heteroatoms. The summed E-state index contributed by atoms with van der Waals surface area (Å²) in [5, 5.41) is 5.70. The highest BCUT2D eigenvalue weighted by Crippen LogP contribution is 2.18. The van der Waals surface area contributed by atoms with Gasteiger partial charge in [0.25, 0.3) is 0 Å². The fourth-order valence-corrected chi connectivity index (χ4v) is 2.18. The second kappa shape index (κ2) is 7.21. The molecule has 1 fully saturated rings. The minimum absolute atomic E-state index is 0.195. The SMILES string of the molecule is CC(=O)NC(=S)Nc1ccc(OCC2CCCO2)cc1. The van der Waals surface area contributed by atoms with Crippen molar-refractivity contribution < 1.29 is 14.3 Å². The molecule has 1 saturated heterocycles. The Kier molecular flexibility index (Phi) is 5.31. The van der Waals surface area contributed by atoms with Crippen LogP contribution in [0.5, 0.6) is 5.75 Å². The van der Waals surface area contributed by atoms with Crippen molar-refractivity contribution in [2.24, 2.45) is 0 Å². The van der Waals surface area contributed by atoms with Crippen LogP contribution in [0.3, 0.4) is 0 Å². The molecule has 0 aliphatic carbocycles. The predicted octanol–water partition coefficient (Wildman–Crippen LogP) is 2.08. The highest BCUT2D eigenvalue weighted by molar-refractivity contribution is 7.80. The van der Waals surface area contributed by atoms with Gasteiger partial charge in [-0.1, -0.05) is 0 Å². The van der Waals surface area contributed by atoms with Crippen molar-refractivity contribution in [3.05, 3.63) is 24.3 Å². The van der Waals surface area contributed by atoms with Gasteiger partial charge in [-0.2, -0.15) is 0 Å². The Morgan fingerprint density at radius 3 is 2.80 bits per heavy atom. The van der Waals surface area contributed by atoms with E-state index in [1.165, 1.54) is 6.92 Å². The predicted molar refractivity (Wildman–Crippen MR) is 80.9 cm³/mol. The van der Waals surface area contributed by atoms with Crippen molar-refractivity contribution in [3.63, 3.8) is 0 Å². The Morgan fingerprint density at radius 2 is 2.20 bits per heavy atom. The van der Waals surface area contributed by atoms with Crippen molar-refractivity contribution in [1.82, 2.24) is 5.32 Å². The second-order valence-electron chi connectivity index (χ2n) is 4.61. The van der Waals surface area contributed by atoms with Gasteiger partial charge in [0.2, 0.25) is 5.91 Å². The summed E-state index contributed by atoms with van der Waals surface area (Å²) < 4.78 is 11.2. The lowest BCUT2D eigenvalue weighted by Gasteiger charge is -2.12. The average Bonchev–Trinajstić information content (AvgIpc) is 2.90. The maximum atomic E-state index is 10.8. The number of hydrogen-bond donors (Lipinski definition) is 2. The van der Waals surface area contributed by atoms with E-state index in [0.29, 0.717) is 6.61 Å². The van der Waals surface area contributed by atoms with E-state index < -0.39 is 0 Å². The van der Waals surface area contributed by atoms with Crippen LogP contribution in [-0.2, 0) is 9.53 Å². The van der Waals surface area contributed by atoms with Gasteiger partial charge in [0.1, 0.15) is 12.4 Å². The molecular weight excluding hydrogens is 276 g/mol. The molecule has 1 aromatic rings. The lowest BCUT2D eigenvalue weighted by molar-refractivity contribution is -0.117. The molecule has 5 nitrogen and oxygen atoms in total. The zero-order chi connectivity index (χ0) is 14.4. The Morgan fingerprint density at radius 1 is 1.45 bits per heavy atom. The maximum absolute atomic E-state index is 10.8. The zero-order valence-electron chi connectivity index (χ0n) is 11.3. The van der Waals surface area contributed by atoms with Crippen LogP contribution < -0.4 is 15.4 Å². The summed E-state index contributed by atoms with van der Waals surface area (Å²) in [5.41, 5.74) is 0.799. The highest BCUT2D eigenvalue weighted by atomic mass is 32.1. The zero-order valence-corrected chi connectivity index (χ0v) is 12.2. The molecule has 1 aromatic carbocycles. The van der Waals surface area contributed by atoms with Crippen LogP contribution in [0.2, 0.25) is 0 Å². The molecule has 0 aromatic heterocycles. The van der Waals surface area contributed by atoms with Crippen molar-refractivity contribution >= 4 is 28.9 Å². The van der Waals surface area contributed by atoms with Gasteiger partial charge in [-0.25, -0.2) is 0 Å². The molecule has 0 bridgehead atoms. The monoisotopic (exact) mass is 294 g/mol. The van der Waals surface area contributed by atoms with E-state index in [9.17, 15) is 4.79 Å². The first-order chi connectivity index (χ1) is 9.63. The molecular formula is C14H18N2O3S. The third-order valence-electron chi connectivity index (χ3n) is 2.86. The van der Waals surface area contributed by atoms with Gasteiger partial charge in [0.15, 0.2) is 5.11 Å². The molecule has 1 aliphatic rings. The molecule has 1 amide bonds. The third kappa shape index (κ3) is 4.79. The Bertz CT molecular complexity index is 470. The quantitative estimate of drug-likeness (QED) is 0.833. The number of ether oxygens (including phenoxy) is 2. The molecule has 1 heterocycles. The van der Waals surface area contributed by atoms with E-state index in [4.69, 9.17) is 21.7 Å². The molecule has 2 rings (SSSR count). The second-order valence-corrected chi connectivity index (χ2v) is 5.01. The normalized spacial score (nSPS) is 17.6. The van der Waals surface area contributed by atoms with E-state index in [2.05, 4.69) is 10.6 Å². The van der Waals surface area contributed by atoms with Crippen LogP contribution in [0.15, 0.2) is 24.3 Å². The number of nitrogens with one attached hydrogen (secondary N) is 2. The smallest absolute Gasteiger partial charge is 0.222 e. The fraction of sp³-hybridized carbons (Fsp3) is 0.429. The lowest BCUT2D eigenvalue weighted by Crippen LogP contribution is -2.32.